The summed E-state index contributed by atoms with van der Waals surface area (Å²) in [5.41, 5.74) is 3.77. The quantitative estimate of drug-likeness (QED) is 0.744. The van der Waals surface area contributed by atoms with Crippen molar-refractivity contribution in [3.8, 4) is 0 Å². The van der Waals surface area contributed by atoms with Crippen LogP contribution in [0, 0.1) is 5.95 Å². The summed E-state index contributed by atoms with van der Waals surface area (Å²) >= 11 is 2.88. The number of rotatable bonds is 5. The smallest absolute Gasteiger partial charge is 0.242 e. The van der Waals surface area contributed by atoms with Gasteiger partial charge in [0.1, 0.15) is 0 Å². The summed E-state index contributed by atoms with van der Waals surface area (Å²) in [5, 5.41) is -0.306. The van der Waals surface area contributed by atoms with E-state index in [1.165, 1.54) is 6.33 Å². The highest BCUT2D eigenvalue weighted by Crippen LogP contribution is 2.44. The zero-order chi connectivity index (χ0) is 17.2. The molecule has 1 aromatic carbocycles. The monoisotopic (exact) mass is 360 g/mol. The first-order valence-electron chi connectivity index (χ1n) is 7.52. The Balaban J connectivity index is 1.90. The molecule has 24 heavy (non-hydrogen) atoms. The number of carbonyl (C=O) groups excluding carboxylic acids is 1. The van der Waals surface area contributed by atoms with Crippen LogP contribution in [0.3, 0.4) is 0 Å². The van der Waals surface area contributed by atoms with Crippen LogP contribution >= 0.6 is 23.5 Å². The molecule has 124 valence electrons. The first kappa shape index (κ1) is 17.1. The van der Waals surface area contributed by atoms with E-state index >= 15 is 0 Å². The number of aromatic nitrogens is 2. The summed E-state index contributed by atoms with van der Waals surface area (Å²) in [5.74, 6) is 0.881. The number of carbonyl (C=O) groups is 1. The molecule has 2 aromatic rings. The molecule has 0 spiro atoms. The van der Waals surface area contributed by atoms with Crippen LogP contribution in [-0.2, 0) is 0 Å². The molecular weight excluding hydrogens is 343 g/mol. The van der Waals surface area contributed by atoms with E-state index in [-0.39, 0.29) is 21.6 Å². The van der Waals surface area contributed by atoms with E-state index in [2.05, 4.69) is 17.3 Å². The average molecular weight is 360 g/mol. The third kappa shape index (κ3) is 3.22. The molecule has 3 rings (SSSR count). The Morgan fingerprint density at radius 3 is 2.79 bits per heavy atom. The van der Waals surface area contributed by atoms with Gasteiger partial charge in [0.25, 0.3) is 0 Å². The van der Waals surface area contributed by atoms with E-state index in [4.69, 9.17) is 0 Å². The highest BCUT2D eigenvalue weighted by Gasteiger charge is 2.40. The second kappa shape index (κ2) is 7.01. The molecule has 1 atom stereocenters. The highest BCUT2D eigenvalue weighted by molar-refractivity contribution is 8.18. The van der Waals surface area contributed by atoms with E-state index in [9.17, 15) is 9.18 Å². The van der Waals surface area contributed by atoms with E-state index in [1.54, 1.807) is 16.3 Å². The van der Waals surface area contributed by atoms with E-state index in [0.29, 0.717) is 0 Å². The molecule has 0 bridgehead atoms. The minimum absolute atomic E-state index is 0.0186. The van der Waals surface area contributed by atoms with Crippen molar-refractivity contribution in [1.82, 2.24) is 9.55 Å². The summed E-state index contributed by atoms with van der Waals surface area (Å²) in [7, 11) is 0. The van der Waals surface area contributed by atoms with Crippen LogP contribution in [0.4, 0.5) is 4.39 Å². The van der Waals surface area contributed by atoms with Crippen LogP contribution in [0.2, 0.25) is 0 Å². The van der Waals surface area contributed by atoms with Gasteiger partial charge in [-0.05, 0) is 18.6 Å². The summed E-state index contributed by atoms with van der Waals surface area (Å²) in [6, 6.07) is 9.50. The maximum absolute atomic E-state index is 14.2. The maximum Gasteiger partial charge on any atom is 0.242 e. The van der Waals surface area contributed by atoms with Gasteiger partial charge in [-0.15, -0.1) is 5.73 Å². The zero-order valence-electron chi connectivity index (χ0n) is 13.2. The lowest BCUT2D eigenvalue weighted by molar-refractivity contribution is 0.107. The molecule has 0 saturated carbocycles. The minimum Gasteiger partial charge on any atom is -0.318 e. The van der Waals surface area contributed by atoms with Crippen molar-refractivity contribution in [1.29, 1.82) is 0 Å². The number of halogens is 1. The molecule has 0 aliphatic carbocycles. The molecule has 1 saturated heterocycles. The Hall–Kier alpha value is -1.75. The van der Waals surface area contributed by atoms with Crippen molar-refractivity contribution in [3.05, 3.63) is 72.3 Å². The van der Waals surface area contributed by atoms with Gasteiger partial charge in [-0.2, -0.15) is 16.2 Å². The number of hydrogen-bond acceptors (Lipinski definition) is 4. The van der Waals surface area contributed by atoms with E-state index in [1.807, 2.05) is 43.3 Å². The predicted molar refractivity (Wildman–Crippen MR) is 98.1 cm³/mol. The lowest BCUT2D eigenvalue weighted by Gasteiger charge is -2.36. The van der Waals surface area contributed by atoms with Gasteiger partial charge >= 0.3 is 0 Å². The lowest BCUT2D eigenvalue weighted by Crippen LogP contribution is -2.39. The molecule has 2 heterocycles. The average Bonchev–Trinajstić information content (AvgIpc) is 2.94. The topological polar surface area (TPSA) is 34.9 Å². The predicted octanol–water partition coefficient (Wildman–Crippen LogP) is 4.33. The Bertz CT molecular complexity index is 793. The molecule has 1 fully saturated rings. The fourth-order valence-corrected chi connectivity index (χ4v) is 5.15. The molecule has 0 amide bonds. The SMILES string of the molecule is C=C=CC1(SC(=O)c2c(F)ncn2[C@H](C)c2ccccc2)CSC1. The Morgan fingerprint density at radius 1 is 1.50 bits per heavy atom. The normalized spacial score (nSPS) is 16.8. The molecule has 1 aliphatic rings. The summed E-state index contributed by atoms with van der Waals surface area (Å²) in [4.78, 5) is 16.5. The molecule has 6 heteroatoms. The number of thioether (sulfide) groups is 2. The van der Waals surface area contributed by atoms with Gasteiger partial charge in [0.2, 0.25) is 11.1 Å². The van der Waals surface area contributed by atoms with Gasteiger partial charge in [-0.3, -0.25) is 4.79 Å². The van der Waals surface area contributed by atoms with Crippen molar-refractivity contribution < 1.29 is 9.18 Å². The van der Waals surface area contributed by atoms with Gasteiger partial charge in [-0.25, -0.2) is 4.98 Å². The molecule has 0 unspecified atom stereocenters. The second-order valence-electron chi connectivity index (χ2n) is 5.67. The fraction of sp³-hybridized carbons (Fsp3) is 0.278. The molecular formula is C18H17FN2OS2. The third-order valence-corrected chi connectivity index (χ3v) is 6.99. The molecule has 3 nitrogen and oxygen atoms in total. The van der Waals surface area contributed by atoms with Crippen molar-refractivity contribution in [2.45, 2.75) is 17.7 Å². The van der Waals surface area contributed by atoms with Gasteiger partial charge in [0.15, 0.2) is 5.69 Å². The van der Waals surface area contributed by atoms with Crippen molar-refractivity contribution >= 4 is 28.6 Å². The van der Waals surface area contributed by atoms with Crippen LogP contribution in [0.25, 0.3) is 0 Å². The number of benzene rings is 1. The Labute approximate surface area is 149 Å². The largest absolute Gasteiger partial charge is 0.318 e. The van der Waals surface area contributed by atoms with Crippen LogP contribution in [0.15, 0.2) is 55.0 Å². The van der Waals surface area contributed by atoms with Gasteiger partial charge in [0, 0.05) is 11.5 Å². The van der Waals surface area contributed by atoms with Crippen LogP contribution in [-0.4, -0.2) is 30.9 Å². The lowest BCUT2D eigenvalue weighted by atomic mass is 10.1. The standard InChI is InChI=1S/C18H17FN2OS2/c1-3-9-18(10-23-11-18)24-17(22)15-16(19)20-12-21(15)13(2)14-7-5-4-6-8-14/h4-9,12-13H,1,10-11H2,2H3/t13-/m1/s1. The zero-order valence-corrected chi connectivity index (χ0v) is 14.9. The minimum atomic E-state index is -0.722. The molecule has 0 radical (unpaired) electrons. The van der Waals surface area contributed by atoms with Crippen molar-refractivity contribution in [2.24, 2.45) is 0 Å². The second-order valence-corrected chi connectivity index (χ2v) is 8.05. The molecule has 1 aliphatic heterocycles. The molecule has 1 aromatic heterocycles. The summed E-state index contributed by atoms with van der Waals surface area (Å²) < 4.78 is 15.5. The van der Waals surface area contributed by atoms with Gasteiger partial charge in [0.05, 0.1) is 17.1 Å². The first-order valence-corrected chi connectivity index (χ1v) is 9.49. The number of hydrogen-bond donors (Lipinski definition) is 0. The van der Waals surface area contributed by atoms with E-state index in [0.717, 1.165) is 28.8 Å². The maximum atomic E-state index is 14.2. The van der Waals surface area contributed by atoms with Crippen LogP contribution < -0.4 is 0 Å². The Morgan fingerprint density at radius 2 is 2.21 bits per heavy atom. The summed E-state index contributed by atoms with van der Waals surface area (Å²) in [6.45, 7) is 5.52. The van der Waals surface area contributed by atoms with Crippen molar-refractivity contribution in [3.63, 3.8) is 0 Å². The fourth-order valence-electron chi connectivity index (χ4n) is 2.61. The number of nitrogens with zero attached hydrogens (tertiary/aromatic N) is 2. The highest BCUT2D eigenvalue weighted by atomic mass is 32.2. The Kier molecular flexibility index (Phi) is 4.99. The molecule has 0 N–H and O–H groups in total. The van der Waals surface area contributed by atoms with Gasteiger partial charge < -0.3 is 4.57 Å². The number of imidazole rings is 1. The summed E-state index contributed by atoms with van der Waals surface area (Å²) in [6.07, 6.45) is 3.21. The van der Waals surface area contributed by atoms with Gasteiger partial charge in [-0.1, -0.05) is 48.7 Å². The third-order valence-electron chi connectivity index (χ3n) is 4.00. The van der Waals surface area contributed by atoms with Crippen LogP contribution in [0.5, 0.6) is 0 Å². The van der Waals surface area contributed by atoms with Crippen molar-refractivity contribution in [2.75, 3.05) is 11.5 Å². The van der Waals surface area contributed by atoms with E-state index < -0.39 is 5.95 Å². The first-order chi connectivity index (χ1) is 11.6. The van der Waals surface area contributed by atoms with Crippen LogP contribution in [0.1, 0.15) is 29.0 Å².